The third-order valence-corrected chi connectivity index (χ3v) is 5.09. The van der Waals surface area contributed by atoms with Crippen LogP contribution in [0.3, 0.4) is 0 Å². The number of carbonyl (C=O) groups is 1. The molecule has 1 amide bonds. The molecule has 126 valence electrons. The molecule has 0 N–H and O–H groups in total. The molecule has 2 aromatic carbocycles. The monoisotopic (exact) mass is 372 g/mol. The second kappa shape index (κ2) is 6.50. The number of rotatable bonds is 2. The van der Waals surface area contributed by atoms with Gasteiger partial charge in [0, 0.05) is 13.0 Å². The Labute approximate surface area is 154 Å². The largest absolute Gasteiger partial charge is 0.332 e. The molecule has 25 heavy (non-hydrogen) atoms. The molecule has 2 heterocycles. The average Bonchev–Trinajstić information content (AvgIpc) is 3.07. The molecule has 0 fully saturated rings. The van der Waals surface area contributed by atoms with Gasteiger partial charge in [-0.05, 0) is 24.3 Å². The van der Waals surface area contributed by atoms with E-state index in [0.717, 1.165) is 17.1 Å². The number of aromatic nitrogens is 3. The number of benzene rings is 2. The van der Waals surface area contributed by atoms with Crippen molar-refractivity contribution in [2.24, 2.45) is 0 Å². The van der Waals surface area contributed by atoms with Gasteiger partial charge in [-0.3, -0.25) is 4.79 Å². The summed E-state index contributed by atoms with van der Waals surface area (Å²) in [5, 5.41) is 9.17. The van der Waals surface area contributed by atoms with Gasteiger partial charge in [0.1, 0.15) is 5.69 Å². The maximum atomic E-state index is 12.8. The van der Waals surface area contributed by atoms with Crippen molar-refractivity contribution < 1.29 is 4.79 Å². The zero-order valence-electron chi connectivity index (χ0n) is 13.2. The highest BCUT2D eigenvalue weighted by atomic mass is 35.5. The lowest BCUT2D eigenvalue weighted by Gasteiger charge is -2.27. The zero-order valence-corrected chi connectivity index (χ0v) is 14.7. The van der Waals surface area contributed by atoms with E-state index in [1.807, 2.05) is 35.0 Å². The first-order chi connectivity index (χ1) is 12.1. The van der Waals surface area contributed by atoms with E-state index in [1.54, 1.807) is 23.1 Å². The normalized spacial score (nSPS) is 13.6. The van der Waals surface area contributed by atoms with Crippen molar-refractivity contribution in [3.05, 3.63) is 75.5 Å². The van der Waals surface area contributed by atoms with Crippen LogP contribution in [-0.2, 0) is 13.0 Å². The number of amides is 1. The third kappa shape index (κ3) is 2.90. The highest BCUT2D eigenvalue weighted by Crippen LogP contribution is 2.28. The molecular weight excluding hydrogens is 359 g/mol. The van der Waals surface area contributed by atoms with E-state index in [0.29, 0.717) is 30.1 Å². The Balaban J connectivity index is 1.61. The Morgan fingerprint density at radius 2 is 1.84 bits per heavy atom. The quantitative estimate of drug-likeness (QED) is 0.687. The van der Waals surface area contributed by atoms with Crippen LogP contribution in [0.4, 0.5) is 0 Å². The molecule has 7 heteroatoms. The molecule has 0 bridgehead atoms. The Hall–Kier alpha value is -2.37. The molecule has 1 aromatic heterocycles. The second-order valence-electron chi connectivity index (χ2n) is 5.81. The van der Waals surface area contributed by atoms with Crippen molar-refractivity contribution in [2.75, 3.05) is 6.54 Å². The number of hydrogen-bond acceptors (Lipinski definition) is 3. The molecule has 1 aliphatic heterocycles. The third-order valence-electron chi connectivity index (χ3n) is 4.27. The summed E-state index contributed by atoms with van der Waals surface area (Å²) in [5.41, 5.74) is 3.22. The molecule has 0 spiro atoms. The summed E-state index contributed by atoms with van der Waals surface area (Å²) in [5.74, 6) is -0.146. The average molecular weight is 373 g/mol. The van der Waals surface area contributed by atoms with E-state index >= 15 is 0 Å². The molecule has 4 rings (SSSR count). The molecule has 0 saturated heterocycles. The highest BCUT2D eigenvalue weighted by Gasteiger charge is 2.27. The highest BCUT2D eigenvalue weighted by molar-refractivity contribution is 6.43. The number of halogens is 2. The van der Waals surface area contributed by atoms with E-state index in [-0.39, 0.29) is 10.9 Å². The Bertz CT molecular complexity index is 940. The number of nitrogens with zero attached hydrogens (tertiary/aromatic N) is 4. The zero-order chi connectivity index (χ0) is 17.4. The molecular formula is C18H14Cl2N4O. The van der Waals surface area contributed by atoms with Gasteiger partial charge in [-0.25, -0.2) is 4.68 Å². The lowest BCUT2D eigenvalue weighted by atomic mass is 10.1. The summed E-state index contributed by atoms with van der Waals surface area (Å²) in [6.07, 6.45) is 0.682. The first-order valence-corrected chi connectivity index (χ1v) is 8.63. The summed E-state index contributed by atoms with van der Waals surface area (Å²) in [6.45, 7) is 0.985. The van der Waals surface area contributed by atoms with E-state index in [9.17, 15) is 4.79 Å². The predicted molar refractivity (Wildman–Crippen MR) is 96.3 cm³/mol. The Morgan fingerprint density at radius 1 is 1.04 bits per heavy atom. The fourth-order valence-electron chi connectivity index (χ4n) is 3.00. The van der Waals surface area contributed by atoms with Gasteiger partial charge in [0.25, 0.3) is 5.91 Å². The van der Waals surface area contributed by atoms with Gasteiger partial charge in [0.2, 0.25) is 0 Å². The number of carbonyl (C=O) groups excluding carboxylic acids is 1. The van der Waals surface area contributed by atoms with Gasteiger partial charge in [-0.1, -0.05) is 52.7 Å². The van der Waals surface area contributed by atoms with Gasteiger partial charge < -0.3 is 4.90 Å². The smallest absolute Gasteiger partial charge is 0.255 e. The first-order valence-electron chi connectivity index (χ1n) is 7.87. The summed E-state index contributed by atoms with van der Waals surface area (Å²) < 4.78 is 1.84. The number of para-hydroxylation sites is 1. The van der Waals surface area contributed by atoms with E-state index in [2.05, 4.69) is 10.3 Å². The molecule has 5 nitrogen and oxygen atoms in total. The lowest BCUT2D eigenvalue weighted by molar-refractivity contribution is 0.0731. The van der Waals surface area contributed by atoms with E-state index in [1.165, 1.54) is 0 Å². The van der Waals surface area contributed by atoms with Crippen LogP contribution in [0.1, 0.15) is 21.7 Å². The number of hydrogen-bond donors (Lipinski definition) is 0. The molecule has 3 aromatic rings. The van der Waals surface area contributed by atoms with Gasteiger partial charge in [-0.2, -0.15) is 0 Å². The minimum Gasteiger partial charge on any atom is -0.332 e. The van der Waals surface area contributed by atoms with Crippen molar-refractivity contribution in [3.8, 4) is 5.69 Å². The summed E-state index contributed by atoms with van der Waals surface area (Å²) >= 11 is 12.2. The minimum atomic E-state index is -0.146. The Morgan fingerprint density at radius 3 is 2.64 bits per heavy atom. The van der Waals surface area contributed by atoms with Crippen LogP contribution < -0.4 is 0 Å². The van der Waals surface area contributed by atoms with Crippen LogP contribution in [0.5, 0.6) is 0 Å². The van der Waals surface area contributed by atoms with Crippen molar-refractivity contribution in [3.63, 3.8) is 0 Å². The molecule has 0 aliphatic carbocycles. The van der Waals surface area contributed by atoms with Crippen LogP contribution in [-0.4, -0.2) is 32.3 Å². The van der Waals surface area contributed by atoms with Gasteiger partial charge in [0.05, 0.1) is 33.5 Å². The van der Waals surface area contributed by atoms with E-state index < -0.39 is 0 Å². The predicted octanol–water partition coefficient (Wildman–Crippen LogP) is 3.77. The molecule has 1 aliphatic rings. The molecule has 0 radical (unpaired) electrons. The van der Waals surface area contributed by atoms with Crippen LogP contribution in [0, 0.1) is 0 Å². The maximum absolute atomic E-state index is 12.8. The fourth-order valence-corrected chi connectivity index (χ4v) is 3.38. The maximum Gasteiger partial charge on any atom is 0.255 e. The van der Waals surface area contributed by atoms with Gasteiger partial charge in [0.15, 0.2) is 0 Å². The van der Waals surface area contributed by atoms with Crippen molar-refractivity contribution in [1.82, 2.24) is 19.9 Å². The first kappa shape index (κ1) is 16.1. The molecule has 0 unspecified atom stereocenters. The van der Waals surface area contributed by atoms with Crippen LogP contribution in [0.25, 0.3) is 5.69 Å². The summed E-state index contributed by atoms with van der Waals surface area (Å²) in [6, 6.07) is 14.9. The van der Waals surface area contributed by atoms with Crippen molar-refractivity contribution in [1.29, 1.82) is 0 Å². The summed E-state index contributed by atoms with van der Waals surface area (Å²) in [4.78, 5) is 14.5. The van der Waals surface area contributed by atoms with Crippen LogP contribution in [0.15, 0.2) is 48.5 Å². The standard InChI is InChI=1S/C18H14Cl2N4O/c19-14-8-4-7-13(17(14)20)18(25)23-10-9-16-15(11-23)21-22-24(16)12-5-2-1-3-6-12/h1-8H,9-11H2. The Kier molecular flexibility index (Phi) is 4.19. The summed E-state index contributed by atoms with van der Waals surface area (Å²) in [7, 11) is 0. The lowest BCUT2D eigenvalue weighted by Crippen LogP contribution is -2.36. The van der Waals surface area contributed by atoms with Gasteiger partial charge in [-0.15, -0.1) is 5.10 Å². The van der Waals surface area contributed by atoms with Crippen molar-refractivity contribution >= 4 is 29.1 Å². The van der Waals surface area contributed by atoms with Crippen LogP contribution in [0.2, 0.25) is 10.0 Å². The van der Waals surface area contributed by atoms with Crippen molar-refractivity contribution in [2.45, 2.75) is 13.0 Å². The SMILES string of the molecule is O=C(c1cccc(Cl)c1Cl)N1CCc2c(nnn2-c2ccccc2)C1. The number of fused-ring (bicyclic) bond motifs is 1. The molecule has 0 saturated carbocycles. The second-order valence-corrected chi connectivity index (χ2v) is 6.59. The fraction of sp³-hybridized carbons (Fsp3) is 0.167. The van der Waals surface area contributed by atoms with Crippen LogP contribution >= 0.6 is 23.2 Å². The molecule has 0 atom stereocenters. The van der Waals surface area contributed by atoms with E-state index in [4.69, 9.17) is 23.2 Å². The van der Waals surface area contributed by atoms with Gasteiger partial charge >= 0.3 is 0 Å². The topological polar surface area (TPSA) is 51.0 Å². The minimum absolute atomic E-state index is 0.146.